The van der Waals surface area contributed by atoms with Crippen LogP contribution in [0.5, 0.6) is 11.5 Å². The number of nitrogen functional groups attached to an aromatic ring is 1. The number of aromatic nitrogens is 1. The van der Waals surface area contributed by atoms with Gasteiger partial charge in [-0.2, -0.15) is 10.5 Å². The molecule has 2 aromatic rings. The van der Waals surface area contributed by atoms with Crippen molar-refractivity contribution in [2.24, 2.45) is 0 Å². The zero-order valence-electron chi connectivity index (χ0n) is 13.8. The Hall–Kier alpha value is -2.97. The molecule has 0 spiro atoms. The van der Waals surface area contributed by atoms with Crippen molar-refractivity contribution in [3.8, 4) is 34.8 Å². The quantitative estimate of drug-likeness (QED) is 0.809. The van der Waals surface area contributed by atoms with E-state index in [9.17, 15) is 15.3 Å². The molecule has 25 heavy (non-hydrogen) atoms. The van der Waals surface area contributed by atoms with Crippen LogP contribution in [-0.4, -0.2) is 18.2 Å². The molecule has 0 bridgehead atoms. The highest BCUT2D eigenvalue weighted by atomic mass is 79.9. The number of pyridine rings is 1. The molecular weight excluding hydrogens is 388 g/mol. The van der Waals surface area contributed by atoms with E-state index >= 15 is 0 Å². The molecule has 0 atom stereocenters. The number of H-pyrrole nitrogens is 1. The van der Waals surface area contributed by atoms with Gasteiger partial charge in [-0.1, -0.05) is 0 Å². The standard InChI is InChI=1S/C17H15BrN4O3/c1-8(2)25-15-12(18)4-9(5-13(15)24-3)14-10(6-19)16(21)22-17(23)11(14)7-20/h4-5,8H,1-3H3,(H3,21,22,23). The van der Waals surface area contributed by atoms with Crippen LogP contribution in [0.1, 0.15) is 25.0 Å². The molecule has 0 aliphatic heterocycles. The van der Waals surface area contributed by atoms with Gasteiger partial charge in [0.1, 0.15) is 29.1 Å². The van der Waals surface area contributed by atoms with Gasteiger partial charge in [-0.15, -0.1) is 0 Å². The summed E-state index contributed by atoms with van der Waals surface area (Å²) in [6.45, 7) is 3.75. The Morgan fingerprint density at radius 1 is 1.24 bits per heavy atom. The van der Waals surface area contributed by atoms with Gasteiger partial charge in [0.15, 0.2) is 11.5 Å². The van der Waals surface area contributed by atoms with E-state index < -0.39 is 5.56 Å². The first-order valence-electron chi connectivity index (χ1n) is 7.24. The van der Waals surface area contributed by atoms with Gasteiger partial charge in [-0.25, -0.2) is 0 Å². The van der Waals surface area contributed by atoms with Crippen molar-refractivity contribution in [1.29, 1.82) is 10.5 Å². The van der Waals surface area contributed by atoms with Gasteiger partial charge in [0, 0.05) is 5.56 Å². The molecule has 0 amide bonds. The van der Waals surface area contributed by atoms with Crippen LogP contribution in [0, 0.1) is 22.7 Å². The number of nitrogens with zero attached hydrogens (tertiary/aromatic N) is 2. The zero-order chi connectivity index (χ0) is 18.7. The summed E-state index contributed by atoms with van der Waals surface area (Å²) in [7, 11) is 1.47. The molecule has 0 saturated heterocycles. The molecule has 2 rings (SSSR count). The summed E-state index contributed by atoms with van der Waals surface area (Å²) in [4.78, 5) is 14.4. The van der Waals surface area contributed by atoms with Crippen molar-refractivity contribution >= 4 is 21.7 Å². The van der Waals surface area contributed by atoms with Crippen LogP contribution in [0.3, 0.4) is 0 Å². The Labute approximate surface area is 152 Å². The molecule has 3 N–H and O–H groups in total. The van der Waals surface area contributed by atoms with Gasteiger partial charge in [0.25, 0.3) is 5.56 Å². The topological polar surface area (TPSA) is 125 Å². The fourth-order valence-electron chi connectivity index (χ4n) is 2.35. The second-order valence-corrected chi connectivity index (χ2v) is 6.23. The maximum atomic E-state index is 12.1. The fourth-order valence-corrected chi connectivity index (χ4v) is 2.88. The predicted molar refractivity (Wildman–Crippen MR) is 96.4 cm³/mol. The molecule has 1 heterocycles. The fraction of sp³-hybridized carbons (Fsp3) is 0.235. The number of hydrogen-bond acceptors (Lipinski definition) is 6. The minimum absolute atomic E-state index is 0.0163. The Kier molecular flexibility index (Phi) is 5.35. The van der Waals surface area contributed by atoms with E-state index in [4.69, 9.17) is 15.2 Å². The Morgan fingerprint density at radius 3 is 2.40 bits per heavy atom. The van der Waals surface area contributed by atoms with Crippen LogP contribution >= 0.6 is 15.9 Å². The van der Waals surface area contributed by atoms with Crippen LogP contribution in [0.25, 0.3) is 11.1 Å². The molecule has 1 aromatic carbocycles. The minimum atomic E-state index is -0.661. The number of benzene rings is 1. The second kappa shape index (κ2) is 7.29. The SMILES string of the molecule is COc1cc(-c2c(C#N)c(N)[nH]c(=O)c2C#N)cc(Br)c1OC(C)C. The molecule has 0 unspecified atom stereocenters. The summed E-state index contributed by atoms with van der Waals surface area (Å²) in [5.74, 6) is 0.778. The number of nitrogens with one attached hydrogen (secondary N) is 1. The largest absolute Gasteiger partial charge is 0.493 e. The van der Waals surface area contributed by atoms with Gasteiger partial charge in [-0.3, -0.25) is 4.79 Å². The number of ether oxygens (including phenoxy) is 2. The summed E-state index contributed by atoms with van der Waals surface area (Å²) in [5.41, 5.74) is 5.49. The van der Waals surface area contributed by atoms with E-state index in [2.05, 4.69) is 20.9 Å². The third kappa shape index (κ3) is 3.44. The summed E-state index contributed by atoms with van der Waals surface area (Å²) >= 11 is 3.41. The average Bonchev–Trinajstić information content (AvgIpc) is 2.55. The van der Waals surface area contributed by atoms with E-state index in [1.807, 2.05) is 26.0 Å². The molecule has 1 aromatic heterocycles. The summed E-state index contributed by atoms with van der Waals surface area (Å²) in [5, 5.41) is 18.8. The first kappa shape index (κ1) is 18.4. The van der Waals surface area contributed by atoms with Gasteiger partial charge in [0.05, 0.1) is 17.7 Å². The highest BCUT2D eigenvalue weighted by Crippen LogP contribution is 2.41. The molecule has 0 fully saturated rings. The molecule has 0 aliphatic carbocycles. The number of nitrogens with two attached hydrogens (primary N) is 1. The number of rotatable bonds is 4. The van der Waals surface area contributed by atoms with Crippen molar-refractivity contribution in [3.05, 3.63) is 38.1 Å². The predicted octanol–water partition coefficient (Wildman–Crippen LogP) is 2.93. The maximum Gasteiger partial charge on any atom is 0.268 e. The van der Waals surface area contributed by atoms with Crippen molar-refractivity contribution in [1.82, 2.24) is 4.98 Å². The number of hydrogen-bond donors (Lipinski definition) is 2. The van der Waals surface area contributed by atoms with Crippen LogP contribution in [-0.2, 0) is 0 Å². The number of anilines is 1. The number of halogens is 1. The molecule has 0 saturated carbocycles. The van der Waals surface area contributed by atoms with Crippen molar-refractivity contribution in [2.75, 3.05) is 12.8 Å². The van der Waals surface area contributed by atoms with E-state index in [-0.39, 0.29) is 28.6 Å². The van der Waals surface area contributed by atoms with Gasteiger partial charge >= 0.3 is 0 Å². The van der Waals surface area contributed by atoms with Crippen molar-refractivity contribution < 1.29 is 9.47 Å². The number of nitriles is 2. The lowest BCUT2D eigenvalue weighted by Crippen LogP contribution is -2.16. The van der Waals surface area contributed by atoms with Gasteiger partial charge < -0.3 is 20.2 Å². The van der Waals surface area contributed by atoms with Crippen LogP contribution in [0.2, 0.25) is 0 Å². The second-order valence-electron chi connectivity index (χ2n) is 5.37. The summed E-state index contributed by atoms with van der Waals surface area (Å²) in [6, 6.07) is 7.01. The monoisotopic (exact) mass is 402 g/mol. The molecule has 7 nitrogen and oxygen atoms in total. The van der Waals surface area contributed by atoms with E-state index in [1.54, 1.807) is 12.1 Å². The minimum Gasteiger partial charge on any atom is -0.493 e. The Balaban J connectivity index is 2.85. The zero-order valence-corrected chi connectivity index (χ0v) is 15.4. The third-order valence-corrected chi connectivity index (χ3v) is 3.93. The molecule has 128 valence electrons. The Bertz CT molecular complexity index is 968. The molecule has 0 aliphatic rings. The maximum absolute atomic E-state index is 12.1. The van der Waals surface area contributed by atoms with E-state index in [0.29, 0.717) is 21.5 Å². The normalized spacial score (nSPS) is 10.2. The molecule has 0 radical (unpaired) electrons. The first-order chi connectivity index (χ1) is 11.8. The van der Waals surface area contributed by atoms with Crippen LogP contribution < -0.4 is 20.8 Å². The van der Waals surface area contributed by atoms with Crippen molar-refractivity contribution in [3.63, 3.8) is 0 Å². The number of aromatic amines is 1. The average molecular weight is 403 g/mol. The lowest BCUT2D eigenvalue weighted by molar-refractivity contribution is 0.228. The smallest absolute Gasteiger partial charge is 0.268 e. The highest BCUT2D eigenvalue weighted by molar-refractivity contribution is 9.10. The lowest BCUT2D eigenvalue weighted by atomic mass is 9.96. The molecular formula is C17H15BrN4O3. The Morgan fingerprint density at radius 2 is 1.88 bits per heavy atom. The summed E-state index contributed by atoms with van der Waals surface area (Å²) < 4.78 is 11.6. The lowest BCUT2D eigenvalue weighted by Gasteiger charge is -2.17. The first-order valence-corrected chi connectivity index (χ1v) is 8.03. The van der Waals surface area contributed by atoms with E-state index in [1.165, 1.54) is 7.11 Å². The number of methoxy groups -OCH3 is 1. The highest BCUT2D eigenvalue weighted by Gasteiger charge is 2.21. The van der Waals surface area contributed by atoms with E-state index in [0.717, 1.165) is 0 Å². The van der Waals surface area contributed by atoms with Gasteiger partial charge in [-0.05, 0) is 47.5 Å². The van der Waals surface area contributed by atoms with Crippen molar-refractivity contribution in [2.45, 2.75) is 20.0 Å². The van der Waals surface area contributed by atoms with Crippen LogP contribution in [0.15, 0.2) is 21.4 Å². The van der Waals surface area contributed by atoms with Crippen LogP contribution in [0.4, 0.5) is 5.82 Å². The summed E-state index contributed by atoms with van der Waals surface area (Å²) in [6.07, 6.45) is -0.0874. The van der Waals surface area contributed by atoms with Gasteiger partial charge in [0.2, 0.25) is 0 Å². The molecule has 8 heteroatoms. The third-order valence-electron chi connectivity index (χ3n) is 3.34.